The number of fused-ring (bicyclic) bond motifs is 1. The smallest absolute Gasteiger partial charge is 0.268 e. The van der Waals surface area contributed by atoms with E-state index in [1.165, 1.54) is 11.1 Å². The molecule has 1 aliphatic heterocycles. The molecule has 0 fully saturated rings. The third-order valence-electron chi connectivity index (χ3n) is 4.31. The summed E-state index contributed by atoms with van der Waals surface area (Å²) < 4.78 is 5.99. The highest BCUT2D eigenvalue weighted by molar-refractivity contribution is 6.00. The molecule has 23 heavy (non-hydrogen) atoms. The lowest BCUT2D eigenvalue weighted by molar-refractivity contribution is -0.126. The predicted octanol–water partition coefficient (Wildman–Crippen LogP) is 3.19. The number of carbonyl (C=O) groups excluding carboxylic acids is 1. The second kappa shape index (κ2) is 6.32. The van der Waals surface area contributed by atoms with E-state index < -0.39 is 6.10 Å². The van der Waals surface area contributed by atoms with Crippen LogP contribution in [-0.4, -0.2) is 18.6 Å². The largest absolute Gasteiger partial charge is 0.478 e. The molecule has 4 heteroatoms. The number of likely N-dealkylation sites (N-methyl/N-ethyl adjacent to an activating group) is 1. The van der Waals surface area contributed by atoms with Crippen molar-refractivity contribution in [2.45, 2.75) is 32.8 Å². The molecule has 2 N–H and O–H groups in total. The van der Waals surface area contributed by atoms with Crippen LogP contribution in [0.5, 0.6) is 5.75 Å². The van der Waals surface area contributed by atoms with Gasteiger partial charge in [0.05, 0.1) is 5.69 Å². The van der Waals surface area contributed by atoms with Gasteiger partial charge in [-0.25, -0.2) is 0 Å². The SMILES string of the molecule is CCc1ccccc1CC1Oc2ccc(N)cc2N(CC)C1=O. The van der Waals surface area contributed by atoms with Crippen LogP contribution in [0.1, 0.15) is 25.0 Å². The maximum atomic E-state index is 12.8. The minimum Gasteiger partial charge on any atom is -0.478 e. The van der Waals surface area contributed by atoms with E-state index in [-0.39, 0.29) is 5.91 Å². The molecule has 0 bridgehead atoms. The summed E-state index contributed by atoms with van der Waals surface area (Å²) in [6, 6.07) is 13.7. The molecule has 0 aromatic heterocycles. The number of aryl methyl sites for hydroxylation is 1. The summed E-state index contributed by atoms with van der Waals surface area (Å²) in [6.07, 6.45) is 1.05. The summed E-state index contributed by atoms with van der Waals surface area (Å²) in [6.45, 7) is 4.69. The lowest BCUT2D eigenvalue weighted by Crippen LogP contribution is -2.47. The third-order valence-corrected chi connectivity index (χ3v) is 4.31. The Morgan fingerprint density at radius 3 is 2.57 bits per heavy atom. The molecule has 0 aliphatic carbocycles. The van der Waals surface area contributed by atoms with Gasteiger partial charge >= 0.3 is 0 Å². The van der Waals surface area contributed by atoms with Crippen molar-refractivity contribution in [3.05, 3.63) is 53.6 Å². The number of ether oxygens (including phenoxy) is 1. The van der Waals surface area contributed by atoms with Crippen molar-refractivity contribution in [1.82, 2.24) is 0 Å². The summed E-state index contributed by atoms with van der Waals surface area (Å²) in [7, 11) is 0. The number of nitrogen functional groups attached to an aromatic ring is 1. The molecule has 0 radical (unpaired) electrons. The monoisotopic (exact) mass is 310 g/mol. The second-order valence-corrected chi connectivity index (χ2v) is 5.74. The number of hydrogen-bond acceptors (Lipinski definition) is 3. The van der Waals surface area contributed by atoms with E-state index in [1.54, 1.807) is 17.0 Å². The Morgan fingerprint density at radius 2 is 1.87 bits per heavy atom. The van der Waals surface area contributed by atoms with E-state index >= 15 is 0 Å². The van der Waals surface area contributed by atoms with Crippen LogP contribution in [0.25, 0.3) is 0 Å². The number of amides is 1. The van der Waals surface area contributed by atoms with E-state index in [9.17, 15) is 4.79 Å². The maximum Gasteiger partial charge on any atom is 0.268 e. The van der Waals surface area contributed by atoms with Crippen molar-refractivity contribution in [2.75, 3.05) is 17.2 Å². The highest BCUT2D eigenvalue weighted by atomic mass is 16.5. The Bertz CT molecular complexity index is 727. The number of nitrogens with zero attached hydrogens (tertiary/aromatic N) is 1. The Hall–Kier alpha value is -2.49. The molecule has 2 aromatic carbocycles. The number of nitrogens with two attached hydrogens (primary N) is 1. The molecule has 1 heterocycles. The maximum absolute atomic E-state index is 12.8. The summed E-state index contributed by atoms with van der Waals surface area (Å²) in [4.78, 5) is 14.6. The Labute approximate surface area is 136 Å². The van der Waals surface area contributed by atoms with Gasteiger partial charge < -0.3 is 15.4 Å². The minimum atomic E-state index is -0.487. The normalized spacial score (nSPS) is 16.9. The number of carbonyl (C=O) groups is 1. The summed E-state index contributed by atoms with van der Waals surface area (Å²) in [5.41, 5.74) is 9.67. The van der Waals surface area contributed by atoms with Crippen LogP contribution in [0.2, 0.25) is 0 Å². The first-order valence-electron chi connectivity index (χ1n) is 8.08. The molecule has 1 atom stereocenters. The van der Waals surface area contributed by atoms with Crippen molar-refractivity contribution >= 4 is 17.3 Å². The molecule has 0 saturated carbocycles. The van der Waals surface area contributed by atoms with Crippen LogP contribution >= 0.6 is 0 Å². The van der Waals surface area contributed by atoms with E-state index in [1.807, 2.05) is 25.1 Å². The lowest BCUT2D eigenvalue weighted by atomic mass is 9.98. The van der Waals surface area contributed by atoms with Crippen LogP contribution in [0.15, 0.2) is 42.5 Å². The van der Waals surface area contributed by atoms with Gasteiger partial charge in [0.2, 0.25) is 0 Å². The van der Waals surface area contributed by atoms with E-state index in [0.29, 0.717) is 18.7 Å². The van der Waals surface area contributed by atoms with Crippen molar-refractivity contribution < 1.29 is 9.53 Å². The zero-order chi connectivity index (χ0) is 16.4. The standard InChI is InChI=1S/C19H22N2O2/c1-3-13-7-5-6-8-14(13)11-18-19(22)21(4-2)16-12-15(20)9-10-17(16)23-18/h5-10,12,18H,3-4,11,20H2,1-2H3. The zero-order valence-corrected chi connectivity index (χ0v) is 13.6. The van der Waals surface area contributed by atoms with Gasteiger partial charge in [-0.05, 0) is 42.7 Å². The molecule has 0 saturated heterocycles. The quantitative estimate of drug-likeness (QED) is 0.882. The first-order valence-corrected chi connectivity index (χ1v) is 8.08. The fourth-order valence-electron chi connectivity index (χ4n) is 3.10. The van der Waals surface area contributed by atoms with Crippen LogP contribution < -0.4 is 15.4 Å². The topological polar surface area (TPSA) is 55.6 Å². The van der Waals surface area contributed by atoms with Gasteiger partial charge in [0.1, 0.15) is 5.75 Å². The van der Waals surface area contributed by atoms with Crippen molar-refractivity contribution in [3.8, 4) is 5.75 Å². The van der Waals surface area contributed by atoms with Crippen molar-refractivity contribution in [3.63, 3.8) is 0 Å². The fourth-order valence-corrected chi connectivity index (χ4v) is 3.10. The number of hydrogen-bond donors (Lipinski definition) is 1. The van der Waals surface area contributed by atoms with Gasteiger partial charge in [-0.1, -0.05) is 31.2 Å². The van der Waals surface area contributed by atoms with Crippen LogP contribution in [0.4, 0.5) is 11.4 Å². The molecule has 0 spiro atoms. The summed E-state index contributed by atoms with van der Waals surface area (Å²) >= 11 is 0. The first-order chi connectivity index (χ1) is 11.1. The predicted molar refractivity (Wildman–Crippen MR) is 92.8 cm³/mol. The molecule has 4 nitrogen and oxygen atoms in total. The van der Waals surface area contributed by atoms with E-state index in [2.05, 4.69) is 19.1 Å². The van der Waals surface area contributed by atoms with Crippen molar-refractivity contribution in [2.24, 2.45) is 0 Å². The lowest BCUT2D eigenvalue weighted by Gasteiger charge is -2.34. The Kier molecular flexibility index (Phi) is 4.24. The molecule has 1 aliphatic rings. The molecule has 2 aromatic rings. The van der Waals surface area contributed by atoms with E-state index in [0.717, 1.165) is 17.9 Å². The van der Waals surface area contributed by atoms with Gasteiger partial charge in [0, 0.05) is 18.7 Å². The minimum absolute atomic E-state index is 0.00324. The van der Waals surface area contributed by atoms with Crippen LogP contribution in [-0.2, 0) is 17.6 Å². The van der Waals surface area contributed by atoms with Gasteiger partial charge in [-0.15, -0.1) is 0 Å². The molecule has 3 rings (SSSR count). The zero-order valence-electron chi connectivity index (χ0n) is 13.6. The van der Waals surface area contributed by atoms with Gasteiger partial charge in [-0.3, -0.25) is 4.79 Å². The molecular formula is C19H22N2O2. The highest BCUT2D eigenvalue weighted by Crippen LogP contribution is 2.36. The third kappa shape index (κ3) is 2.89. The molecule has 1 amide bonds. The molecular weight excluding hydrogens is 288 g/mol. The average Bonchev–Trinajstić information content (AvgIpc) is 2.56. The first kappa shape index (κ1) is 15.4. The van der Waals surface area contributed by atoms with Gasteiger partial charge in [-0.2, -0.15) is 0 Å². The Balaban J connectivity index is 1.92. The van der Waals surface area contributed by atoms with Crippen LogP contribution in [0, 0.1) is 0 Å². The number of anilines is 2. The molecule has 1 unspecified atom stereocenters. The fraction of sp³-hybridized carbons (Fsp3) is 0.316. The summed E-state index contributed by atoms with van der Waals surface area (Å²) in [5.74, 6) is 0.719. The van der Waals surface area contributed by atoms with Crippen molar-refractivity contribution in [1.29, 1.82) is 0 Å². The number of benzene rings is 2. The summed E-state index contributed by atoms with van der Waals surface area (Å²) in [5, 5.41) is 0. The number of rotatable bonds is 4. The Morgan fingerprint density at radius 1 is 1.13 bits per heavy atom. The second-order valence-electron chi connectivity index (χ2n) is 5.74. The van der Waals surface area contributed by atoms with Crippen LogP contribution in [0.3, 0.4) is 0 Å². The average molecular weight is 310 g/mol. The molecule has 120 valence electrons. The highest BCUT2D eigenvalue weighted by Gasteiger charge is 2.34. The van der Waals surface area contributed by atoms with Gasteiger partial charge in [0.25, 0.3) is 5.91 Å². The van der Waals surface area contributed by atoms with E-state index in [4.69, 9.17) is 10.5 Å². The van der Waals surface area contributed by atoms with Gasteiger partial charge in [0.15, 0.2) is 6.10 Å².